The van der Waals surface area contributed by atoms with Crippen molar-refractivity contribution in [3.63, 3.8) is 0 Å². The highest BCUT2D eigenvalue weighted by Crippen LogP contribution is 2.14. The summed E-state index contributed by atoms with van der Waals surface area (Å²) in [5, 5.41) is 9.63. The summed E-state index contributed by atoms with van der Waals surface area (Å²) < 4.78 is 9.76. The maximum Gasteiger partial charge on any atom is 0.361 e. The van der Waals surface area contributed by atoms with E-state index in [9.17, 15) is 4.79 Å². The van der Waals surface area contributed by atoms with E-state index in [1.54, 1.807) is 0 Å². The van der Waals surface area contributed by atoms with Crippen LogP contribution in [0.3, 0.4) is 0 Å². The molecule has 0 aliphatic carbocycles. The first-order valence-electron chi connectivity index (χ1n) is 3.45. The molecule has 0 spiro atoms. The van der Waals surface area contributed by atoms with Crippen molar-refractivity contribution in [2.24, 2.45) is 10.2 Å². The highest BCUT2D eigenvalue weighted by molar-refractivity contribution is 5.76. The first-order valence-corrected chi connectivity index (χ1v) is 3.45. The first-order chi connectivity index (χ1) is 5.72. The van der Waals surface area contributed by atoms with Gasteiger partial charge in [-0.1, -0.05) is 5.11 Å². The van der Waals surface area contributed by atoms with Gasteiger partial charge < -0.3 is 14.8 Å². The van der Waals surface area contributed by atoms with Gasteiger partial charge in [-0.3, -0.25) is 0 Å². The largest absolute Gasteiger partial charge is 0.380 e. The van der Waals surface area contributed by atoms with Gasteiger partial charge in [-0.15, -0.1) is 0 Å². The second-order valence-corrected chi connectivity index (χ2v) is 2.53. The third-order valence-corrected chi connectivity index (χ3v) is 1.44. The fourth-order valence-electron chi connectivity index (χ4n) is 1.04. The Hall–Kier alpha value is -1.01. The molecule has 0 aromatic heterocycles. The van der Waals surface area contributed by atoms with E-state index in [2.05, 4.69) is 15.5 Å². The van der Waals surface area contributed by atoms with Crippen LogP contribution in [0.5, 0.6) is 0 Å². The number of hydrogen-bond acceptors (Lipinski definition) is 4. The molecule has 2 amide bonds. The summed E-state index contributed by atoms with van der Waals surface area (Å²) in [5.41, 5.74) is -0.819. The van der Waals surface area contributed by atoms with Crippen molar-refractivity contribution in [3.05, 3.63) is 0 Å². The van der Waals surface area contributed by atoms with Crippen LogP contribution in [0.15, 0.2) is 10.2 Å². The summed E-state index contributed by atoms with van der Waals surface area (Å²) in [6, 6.07) is -0.455. The molecule has 0 atom stereocenters. The maximum atomic E-state index is 10.7. The van der Waals surface area contributed by atoms with Crippen molar-refractivity contribution in [3.8, 4) is 0 Å². The van der Waals surface area contributed by atoms with Crippen LogP contribution in [0.1, 0.15) is 0 Å². The highest BCUT2D eigenvalue weighted by atomic mass is 16.5. The summed E-state index contributed by atoms with van der Waals surface area (Å²) in [5.74, 6) is 0. The molecule has 0 fully saturated rings. The van der Waals surface area contributed by atoms with E-state index in [0.29, 0.717) is 0 Å². The Bertz CT molecular complexity index is 198. The van der Waals surface area contributed by atoms with Gasteiger partial charge in [-0.25, -0.2) is 4.79 Å². The predicted octanol–water partition coefficient (Wildman–Crippen LogP) is 0.151. The van der Waals surface area contributed by atoms with Crippen molar-refractivity contribution in [2.75, 3.05) is 27.4 Å². The Labute approximate surface area is 69.9 Å². The Balaban J connectivity index is 2.61. The SMILES string of the molecule is COCC1(COC)N=NC(=O)N1. The number of azo groups is 1. The number of rotatable bonds is 4. The van der Waals surface area contributed by atoms with E-state index in [-0.39, 0.29) is 13.2 Å². The highest BCUT2D eigenvalue weighted by Gasteiger charge is 2.36. The number of carbonyl (C=O) groups is 1. The Morgan fingerprint density at radius 3 is 2.33 bits per heavy atom. The second kappa shape index (κ2) is 3.59. The predicted molar refractivity (Wildman–Crippen MR) is 39.9 cm³/mol. The van der Waals surface area contributed by atoms with Gasteiger partial charge in [-0.05, 0) is 0 Å². The van der Waals surface area contributed by atoms with Crippen LogP contribution in [-0.2, 0) is 9.47 Å². The Morgan fingerprint density at radius 2 is 2.00 bits per heavy atom. The number of hydrogen-bond donors (Lipinski definition) is 1. The lowest BCUT2D eigenvalue weighted by Crippen LogP contribution is -2.49. The normalized spacial score (nSPS) is 19.7. The lowest BCUT2D eigenvalue weighted by molar-refractivity contribution is 0.0564. The minimum Gasteiger partial charge on any atom is -0.380 e. The average Bonchev–Trinajstić information content (AvgIpc) is 2.34. The first kappa shape index (κ1) is 9.08. The van der Waals surface area contributed by atoms with E-state index in [1.165, 1.54) is 14.2 Å². The van der Waals surface area contributed by atoms with E-state index in [1.807, 2.05) is 0 Å². The van der Waals surface area contributed by atoms with Gasteiger partial charge in [0.2, 0.25) is 5.66 Å². The van der Waals surface area contributed by atoms with Crippen molar-refractivity contribution in [1.82, 2.24) is 5.32 Å². The smallest absolute Gasteiger partial charge is 0.361 e. The maximum absolute atomic E-state index is 10.7. The summed E-state index contributed by atoms with van der Waals surface area (Å²) in [4.78, 5) is 10.7. The second-order valence-electron chi connectivity index (χ2n) is 2.53. The molecule has 6 heteroatoms. The van der Waals surface area contributed by atoms with Gasteiger partial charge in [0.25, 0.3) is 0 Å². The molecular formula is C6H11N3O3. The van der Waals surface area contributed by atoms with Crippen LogP contribution in [0.25, 0.3) is 0 Å². The van der Waals surface area contributed by atoms with Gasteiger partial charge in [-0.2, -0.15) is 5.11 Å². The molecule has 1 N–H and O–H groups in total. The molecule has 6 nitrogen and oxygen atoms in total. The third kappa shape index (κ3) is 1.77. The van der Waals surface area contributed by atoms with Gasteiger partial charge >= 0.3 is 6.03 Å². The number of methoxy groups -OCH3 is 2. The number of nitrogens with one attached hydrogen (secondary N) is 1. The molecule has 0 unspecified atom stereocenters. The molecule has 0 saturated carbocycles. The molecule has 1 aliphatic rings. The lowest BCUT2D eigenvalue weighted by Gasteiger charge is -2.21. The Morgan fingerprint density at radius 1 is 1.42 bits per heavy atom. The average molecular weight is 173 g/mol. The van der Waals surface area contributed by atoms with Crippen molar-refractivity contribution in [1.29, 1.82) is 0 Å². The monoisotopic (exact) mass is 173 g/mol. The fourth-order valence-corrected chi connectivity index (χ4v) is 1.04. The summed E-state index contributed by atoms with van der Waals surface area (Å²) in [7, 11) is 3.05. The molecule has 0 saturated heterocycles. The van der Waals surface area contributed by atoms with Gasteiger partial charge in [0.1, 0.15) is 0 Å². The van der Waals surface area contributed by atoms with Crippen molar-refractivity contribution >= 4 is 6.03 Å². The number of carbonyl (C=O) groups excluding carboxylic acids is 1. The van der Waals surface area contributed by atoms with E-state index in [4.69, 9.17) is 9.47 Å². The zero-order valence-corrected chi connectivity index (χ0v) is 7.03. The summed E-state index contributed by atoms with van der Waals surface area (Å²) >= 11 is 0. The van der Waals surface area contributed by atoms with E-state index >= 15 is 0 Å². The van der Waals surface area contributed by atoms with E-state index < -0.39 is 11.7 Å². The molecular weight excluding hydrogens is 162 g/mol. The van der Waals surface area contributed by atoms with Crippen LogP contribution in [0.4, 0.5) is 4.79 Å². The summed E-state index contributed by atoms with van der Waals surface area (Å²) in [6.45, 7) is 0.520. The molecule has 68 valence electrons. The quantitative estimate of drug-likeness (QED) is 0.657. The number of ether oxygens (including phenoxy) is 2. The molecule has 1 rings (SSSR count). The molecule has 0 aromatic rings. The van der Waals surface area contributed by atoms with E-state index in [0.717, 1.165) is 0 Å². The third-order valence-electron chi connectivity index (χ3n) is 1.44. The zero-order chi connectivity index (χ0) is 9.03. The fraction of sp³-hybridized carbons (Fsp3) is 0.833. The number of nitrogens with zero attached hydrogens (tertiary/aromatic N) is 2. The van der Waals surface area contributed by atoms with Gasteiger partial charge in [0, 0.05) is 14.2 Å². The van der Waals surface area contributed by atoms with Crippen LogP contribution in [-0.4, -0.2) is 39.1 Å². The van der Waals surface area contributed by atoms with Crippen LogP contribution in [0, 0.1) is 0 Å². The minimum atomic E-state index is -0.819. The topological polar surface area (TPSA) is 72.3 Å². The van der Waals surface area contributed by atoms with Crippen LogP contribution < -0.4 is 5.32 Å². The van der Waals surface area contributed by atoms with Crippen molar-refractivity contribution in [2.45, 2.75) is 5.66 Å². The number of amides is 2. The van der Waals surface area contributed by atoms with Crippen molar-refractivity contribution < 1.29 is 14.3 Å². The van der Waals surface area contributed by atoms with Crippen LogP contribution >= 0.6 is 0 Å². The summed E-state index contributed by atoms with van der Waals surface area (Å²) in [6.07, 6.45) is 0. The molecule has 0 aromatic carbocycles. The zero-order valence-electron chi connectivity index (χ0n) is 7.03. The Kier molecular flexibility index (Phi) is 2.72. The molecule has 0 radical (unpaired) electrons. The molecule has 0 bridgehead atoms. The molecule has 12 heavy (non-hydrogen) atoms. The number of urea groups is 1. The van der Waals surface area contributed by atoms with Gasteiger partial charge in [0.15, 0.2) is 0 Å². The molecule has 1 heterocycles. The molecule has 1 aliphatic heterocycles. The lowest BCUT2D eigenvalue weighted by atomic mass is 10.2. The van der Waals surface area contributed by atoms with Gasteiger partial charge in [0.05, 0.1) is 13.2 Å². The minimum absolute atomic E-state index is 0.260. The van der Waals surface area contributed by atoms with Crippen LogP contribution in [0.2, 0.25) is 0 Å². The standard InChI is InChI=1S/C6H11N3O3/c1-11-3-6(4-12-2)7-5(10)8-9-6/h3-4H2,1-2H3,(H,7,10).